The molecule has 94 valence electrons. The van der Waals surface area contributed by atoms with Gasteiger partial charge in [0, 0.05) is 11.6 Å². The zero-order valence-corrected chi connectivity index (χ0v) is 9.23. The minimum absolute atomic E-state index is 0.00852. The molecule has 0 saturated heterocycles. The number of halogens is 4. The molecule has 1 aromatic rings. The Morgan fingerprint density at radius 3 is 2.29 bits per heavy atom. The molecule has 1 amide bonds. The molecular weight excluding hydrogens is 238 g/mol. The number of alkyl halides is 3. The summed E-state index contributed by atoms with van der Waals surface area (Å²) in [5.74, 6) is -2.12. The van der Waals surface area contributed by atoms with Gasteiger partial charge in [0.05, 0.1) is 5.56 Å². The van der Waals surface area contributed by atoms with Gasteiger partial charge < -0.3 is 5.32 Å². The molecule has 1 aromatic carbocycles. The molecule has 0 aliphatic rings. The lowest BCUT2D eigenvalue weighted by atomic mass is 10.1. The second-order valence-corrected chi connectivity index (χ2v) is 3.84. The molecule has 0 bridgehead atoms. The fourth-order valence-corrected chi connectivity index (χ4v) is 1.11. The highest BCUT2D eigenvalue weighted by Gasteiger charge is 2.33. The van der Waals surface area contributed by atoms with Crippen LogP contribution in [0, 0.1) is 11.7 Å². The van der Waals surface area contributed by atoms with Gasteiger partial charge in [0.2, 0.25) is 5.91 Å². The molecule has 2 nitrogen and oxygen atoms in total. The van der Waals surface area contributed by atoms with Crippen molar-refractivity contribution in [1.82, 2.24) is 0 Å². The molecule has 0 saturated carbocycles. The Labute approximate surface area is 95.6 Å². The van der Waals surface area contributed by atoms with Gasteiger partial charge in [-0.2, -0.15) is 13.2 Å². The van der Waals surface area contributed by atoms with E-state index in [0.29, 0.717) is 12.1 Å². The molecule has 0 aliphatic heterocycles. The zero-order chi connectivity index (χ0) is 13.2. The van der Waals surface area contributed by atoms with E-state index in [9.17, 15) is 22.4 Å². The minimum Gasteiger partial charge on any atom is -0.326 e. The van der Waals surface area contributed by atoms with E-state index >= 15 is 0 Å². The second-order valence-electron chi connectivity index (χ2n) is 3.84. The van der Waals surface area contributed by atoms with E-state index < -0.39 is 17.6 Å². The summed E-state index contributed by atoms with van der Waals surface area (Å²) in [4.78, 5) is 11.2. The third kappa shape index (κ3) is 3.44. The molecular formula is C11H11F4NO. The van der Waals surface area contributed by atoms with Gasteiger partial charge in [-0.1, -0.05) is 13.8 Å². The van der Waals surface area contributed by atoms with Crippen LogP contribution in [0.1, 0.15) is 19.4 Å². The number of benzene rings is 1. The minimum atomic E-state index is -4.73. The number of nitrogens with one attached hydrogen (secondary N) is 1. The van der Waals surface area contributed by atoms with Crippen LogP contribution in [0.5, 0.6) is 0 Å². The number of amides is 1. The van der Waals surface area contributed by atoms with Gasteiger partial charge in [0.25, 0.3) is 0 Å². The van der Waals surface area contributed by atoms with E-state index in [4.69, 9.17) is 0 Å². The molecule has 1 N–H and O–H groups in total. The van der Waals surface area contributed by atoms with Crippen LogP contribution in [0.25, 0.3) is 0 Å². The van der Waals surface area contributed by atoms with Crippen molar-refractivity contribution in [2.24, 2.45) is 5.92 Å². The average Bonchev–Trinajstić information content (AvgIpc) is 2.15. The molecule has 0 aliphatic carbocycles. The van der Waals surface area contributed by atoms with Crippen LogP contribution in [-0.2, 0) is 11.0 Å². The summed E-state index contributed by atoms with van der Waals surface area (Å²) < 4.78 is 49.9. The summed E-state index contributed by atoms with van der Waals surface area (Å²) in [5, 5.41) is 2.31. The first-order valence-electron chi connectivity index (χ1n) is 4.89. The van der Waals surface area contributed by atoms with E-state index in [1.54, 1.807) is 13.8 Å². The smallest absolute Gasteiger partial charge is 0.326 e. The summed E-state index contributed by atoms with van der Waals surface area (Å²) in [6.07, 6.45) is -4.73. The van der Waals surface area contributed by atoms with Crippen molar-refractivity contribution in [1.29, 1.82) is 0 Å². The Balaban J connectivity index is 2.94. The quantitative estimate of drug-likeness (QED) is 0.799. The van der Waals surface area contributed by atoms with Gasteiger partial charge >= 0.3 is 6.18 Å². The highest BCUT2D eigenvalue weighted by Crippen LogP contribution is 2.32. The Bertz CT molecular complexity index is 426. The first-order valence-corrected chi connectivity index (χ1v) is 4.89. The van der Waals surface area contributed by atoms with Crippen LogP contribution in [-0.4, -0.2) is 5.91 Å². The number of carbonyl (C=O) groups excluding carboxylic acids is 1. The monoisotopic (exact) mass is 249 g/mol. The van der Waals surface area contributed by atoms with Crippen molar-refractivity contribution >= 4 is 11.6 Å². The molecule has 0 spiro atoms. The Hall–Kier alpha value is -1.59. The van der Waals surface area contributed by atoms with Crippen molar-refractivity contribution in [2.45, 2.75) is 20.0 Å². The van der Waals surface area contributed by atoms with E-state index in [0.717, 1.165) is 6.07 Å². The molecule has 0 aromatic heterocycles. The van der Waals surface area contributed by atoms with Crippen LogP contribution < -0.4 is 5.32 Å². The number of hydrogen-bond donors (Lipinski definition) is 1. The summed E-state index contributed by atoms with van der Waals surface area (Å²) in [5.41, 5.74) is -1.34. The maximum Gasteiger partial charge on any atom is 0.419 e. The molecule has 0 heterocycles. The summed E-state index contributed by atoms with van der Waals surface area (Å²) in [6.45, 7) is 3.24. The number of hydrogen-bond acceptors (Lipinski definition) is 1. The van der Waals surface area contributed by atoms with Crippen molar-refractivity contribution in [3.8, 4) is 0 Å². The van der Waals surface area contributed by atoms with Crippen molar-refractivity contribution in [3.05, 3.63) is 29.6 Å². The zero-order valence-electron chi connectivity index (χ0n) is 9.23. The van der Waals surface area contributed by atoms with Crippen LogP contribution in [0.4, 0.5) is 23.2 Å². The fraction of sp³-hybridized carbons (Fsp3) is 0.364. The van der Waals surface area contributed by atoms with Crippen molar-refractivity contribution in [2.75, 3.05) is 5.32 Å². The number of anilines is 1. The van der Waals surface area contributed by atoms with Gasteiger partial charge in [0.15, 0.2) is 0 Å². The highest BCUT2D eigenvalue weighted by molar-refractivity contribution is 5.92. The van der Waals surface area contributed by atoms with Crippen molar-refractivity contribution < 1.29 is 22.4 Å². The topological polar surface area (TPSA) is 29.1 Å². The van der Waals surface area contributed by atoms with Gasteiger partial charge in [0.1, 0.15) is 5.82 Å². The lowest BCUT2D eigenvalue weighted by Crippen LogP contribution is -2.18. The molecule has 0 fully saturated rings. The standard InChI is InChI=1S/C11H11F4NO/c1-6(2)10(17)16-7-3-4-8(9(12)5-7)11(13,14)15/h3-6H,1-2H3,(H,16,17). The van der Waals surface area contributed by atoms with Crippen molar-refractivity contribution in [3.63, 3.8) is 0 Å². The molecule has 1 rings (SSSR count). The van der Waals surface area contributed by atoms with Gasteiger partial charge in [-0.15, -0.1) is 0 Å². The van der Waals surface area contributed by atoms with Gasteiger partial charge in [-0.25, -0.2) is 4.39 Å². The molecule has 0 radical (unpaired) electrons. The lowest BCUT2D eigenvalue weighted by Gasteiger charge is -2.11. The summed E-state index contributed by atoms with van der Waals surface area (Å²) >= 11 is 0. The van der Waals surface area contributed by atoms with E-state index in [1.165, 1.54) is 0 Å². The maximum atomic E-state index is 13.1. The first kappa shape index (κ1) is 13.5. The van der Waals surface area contributed by atoms with Crippen LogP contribution >= 0.6 is 0 Å². The Morgan fingerprint density at radius 2 is 1.88 bits per heavy atom. The number of rotatable bonds is 2. The second kappa shape index (κ2) is 4.73. The van der Waals surface area contributed by atoms with E-state index in [-0.39, 0.29) is 17.5 Å². The average molecular weight is 249 g/mol. The fourth-order valence-electron chi connectivity index (χ4n) is 1.11. The molecule has 6 heteroatoms. The lowest BCUT2D eigenvalue weighted by molar-refractivity contribution is -0.139. The van der Waals surface area contributed by atoms with Crippen LogP contribution in [0.15, 0.2) is 18.2 Å². The van der Waals surface area contributed by atoms with Crippen LogP contribution in [0.3, 0.4) is 0 Å². The predicted molar refractivity (Wildman–Crippen MR) is 54.9 cm³/mol. The molecule has 0 atom stereocenters. The maximum absolute atomic E-state index is 13.1. The third-order valence-electron chi connectivity index (χ3n) is 2.07. The predicted octanol–water partition coefficient (Wildman–Crippen LogP) is 3.44. The van der Waals surface area contributed by atoms with Gasteiger partial charge in [-0.3, -0.25) is 4.79 Å². The summed E-state index contributed by atoms with van der Waals surface area (Å²) in [7, 11) is 0. The third-order valence-corrected chi connectivity index (χ3v) is 2.07. The van der Waals surface area contributed by atoms with Gasteiger partial charge in [-0.05, 0) is 18.2 Å². The first-order chi connectivity index (χ1) is 7.71. The normalized spacial score (nSPS) is 11.7. The SMILES string of the molecule is CC(C)C(=O)Nc1ccc(C(F)(F)F)c(F)c1. The summed E-state index contributed by atoms with van der Waals surface area (Å²) in [6, 6.07) is 2.28. The Morgan fingerprint density at radius 1 is 1.29 bits per heavy atom. The number of carbonyl (C=O) groups is 1. The highest BCUT2D eigenvalue weighted by atomic mass is 19.4. The van der Waals surface area contributed by atoms with Crippen LogP contribution in [0.2, 0.25) is 0 Å². The van der Waals surface area contributed by atoms with E-state index in [2.05, 4.69) is 5.32 Å². The Kier molecular flexibility index (Phi) is 3.75. The largest absolute Gasteiger partial charge is 0.419 e. The van der Waals surface area contributed by atoms with E-state index in [1.807, 2.05) is 0 Å². The molecule has 0 unspecified atom stereocenters. The molecule has 17 heavy (non-hydrogen) atoms.